The van der Waals surface area contributed by atoms with Crippen molar-refractivity contribution < 1.29 is 13.7 Å². The molecule has 2 heterocycles. The minimum absolute atomic E-state index is 0.0209. The van der Waals surface area contributed by atoms with Crippen LogP contribution in [0, 0.1) is 24.2 Å². The molecular weight excluding hydrogens is 505 g/mol. The Labute approximate surface area is 234 Å². The van der Waals surface area contributed by atoms with E-state index in [4.69, 9.17) is 9.51 Å². The normalized spacial score (nSPS) is 34.0. The van der Waals surface area contributed by atoms with E-state index in [2.05, 4.69) is 21.2 Å². The van der Waals surface area contributed by atoms with Crippen LogP contribution < -0.4 is 4.90 Å². The molecule has 0 spiro atoms. The number of rotatable bonds is 7. The zero-order valence-corrected chi connectivity index (χ0v) is 23.1. The van der Waals surface area contributed by atoms with E-state index in [-0.39, 0.29) is 11.3 Å². The van der Waals surface area contributed by atoms with Crippen molar-refractivity contribution in [2.45, 2.75) is 94.6 Å². The number of aromatic nitrogens is 4. The predicted molar refractivity (Wildman–Crippen MR) is 147 cm³/mol. The lowest BCUT2D eigenvalue weighted by molar-refractivity contribution is -0.211. The van der Waals surface area contributed by atoms with Crippen LogP contribution in [0.5, 0.6) is 0 Å². The second-order valence-corrected chi connectivity index (χ2v) is 13.6. The monoisotopic (exact) mass is 541 g/mol. The first-order valence-electron chi connectivity index (χ1n) is 15.1. The molecule has 3 aromatic rings. The summed E-state index contributed by atoms with van der Waals surface area (Å²) in [5.41, 5.74) is 1.80. The number of hydrogen-bond donors (Lipinski definition) is 0. The van der Waals surface area contributed by atoms with Crippen LogP contribution in [0.3, 0.4) is 0 Å². The average molecular weight is 542 g/mol. The topological polar surface area (TPSA) is 85.0 Å². The van der Waals surface area contributed by atoms with Crippen molar-refractivity contribution in [2.24, 2.45) is 17.3 Å². The third-order valence-electron chi connectivity index (χ3n) is 10.7. The maximum atomic E-state index is 14.5. The number of amides is 1. The Kier molecular flexibility index (Phi) is 5.34. The number of halogens is 1. The van der Waals surface area contributed by atoms with Gasteiger partial charge >= 0.3 is 0 Å². The molecule has 0 saturated heterocycles. The number of carbonyl (C=O) groups excluding carboxylic acids is 1. The van der Waals surface area contributed by atoms with Crippen molar-refractivity contribution in [3.63, 3.8) is 0 Å². The summed E-state index contributed by atoms with van der Waals surface area (Å²) in [5.74, 6) is 3.22. The van der Waals surface area contributed by atoms with Gasteiger partial charge in [-0.3, -0.25) is 14.8 Å². The molecule has 1 amide bonds. The Hall–Kier alpha value is -3.16. The number of fused-ring (bicyclic) bond motifs is 2. The molecule has 8 heteroatoms. The lowest BCUT2D eigenvalue weighted by Crippen LogP contribution is -2.70. The van der Waals surface area contributed by atoms with Crippen LogP contribution in [0.2, 0.25) is 0 Å². The Balaban J connectivity index is 1.07. The summed E-state index contributed by atoms with van der Waals surface area (Å²) < 4.78 is 20.4. The standard InChI is InChI=1S/C32H36FN5O2/c1-20-14-35-26(15-34-20)22-4-2-6-25(12-22)38(29(39)31-17-32(33,18-31)19-31)16-24-9-11-30(10-3-5-23(24)13-30)28-36-27(37-40-28)21-7-8-21/h2,4,6,12,14-15,21,23-24H,3,5,7-11,13,16-19H2,1H3. The fourth-order valence-corrected chi connectivity index (χ4v) is 8.33. The van der Waals surface area contributed by atoms with Crippen LogP contribution in [-0.4, -0.2) is 38.2 Å². The van der Waals surface area contributed by atoms with E-state index >= 15 is 0 Å². The number of anilines is 1. The van der Waals surface area contributed by atoms with Gasteiger partial charge in [0.25, 0.3) is 0 Å². The molecular formula is C32H36FN5O2. The minimum Gasteiger partial charge on any atom is -0.339 e. The van der Waals surface area contributed by atoms with Crippen LogP contribution in [0.25, 0.3) is 11.3 Å². The predicted octanol–water partition coefficient (Wildman–Crippen LogP) is 6.48. The van der Waals surface area contributed by atoms with Crippen molar-refractivity contribution in [1.82, 2.24) is 20.1 Å². The molecule has 208 valence electrons. The molecule has 6 saturated carbocycles. The van der Waals surface area contributed by atoms with Gasteiger partial charge in [-0.2, -0.15) is 4.98 Å². The zero-order valence-electron chi connectivity index (χ0n) is 23.1. The first kappa shape index (κ1) is 24.6. The third kappa shape index (κ3) is 3.92. The van der Waals surface area contributed by atoms with Crippen molar-refractivity contribution >= 4 is 11.6 Å². The highest BCUT2D eigenvalue weighted by Gasteiger charge is 2.73. The first-order chi connectivity index (χ1) is 19.3. The Bertz CT molecular complexity index is 1450. The molecule has 6 aliphatic carbocycles. The van der Waals surface area contributed by atoms with E-state index in [1.165, 1.54) is 12.8 Å². The Morgan fingerprint density at radius 2 is 1.95 bits per heavy atom. The molecule has 3 atom stereocenters. The lowest BCUT2D eigenvalue weighted by atomic mass is 9.42. The van der Waals surface area contributed by atoms with E-state index in [9.17, 15) is 9.18 Å². The van der Waals surface area contributed by atoms with Gasteiger partial charge in [-0.1, -0.05) is 30.1 Å². The molecule has 3 unspecified atom stereocenters. The number of carbonyl (C=O) groups is 1. The van der Waals surface area contributed by atoms with Crippen molar-refractivity contribution in [2.75, 3.05) is 11.4 Å². The van der Waals surface area contributed by atoms with Crippen LogP contribution in [0.1, 0.15) is 94.0 Å². The van der Waals surface area contributed by atoms with Crippen molar-refractivity contribution in [3.8, 4) is 11.3 Å². The van der Waals surface area contributed by atoms with Crippen LogP contribution in [0.4, 0.5) is 10.1 Å². The second-order valence-electron chi connectivity index (χ2n) is 13.6. The zero-order chi connectivity index (χ0) is 27.1. The molecule has 0 N–H and O–H groups in total. The van der Waals surface area contributed by atoms with Gasteiger partial charge < -0.3 is 9.42 Å². The summed E-state index contributed by atoms with van der Waals surface area (Å²) in [6, 6.07) is 8.08. The molecule has 40 heavy (non-hydrogen) atoms. The smallest absolute Gasteiger partial charge is 0.233 e. The summed E-state index contributed by atoms with van der Waals surface area (Å²) in [6.45, 7) is 2.59. The van der Waals surface area contributed by atoms with Gasteiger partial charge in [-0.05, 0) is 88.7 Å². The second kappa shape index (κ2) is 8.67. The summed E-state index contributed by atoms with van der Waals surface area (Å²) in [7, 11) is 0. The van der Waals surface area contributed by atoms with Gasteiger partial charge in [0.2, 0.25) is 11.8 Å². The summed E-state index contributed by atoms with van der Waals surface area (Å²) in [6.07, 6.45) is 13.5. The van der Waals surface area contributed by atoms with Crippen molar-refractivity contribution in [3.05, 3.63) is 54.1 Å². The number of alkyl halides is 1. The van der Waals surface area contributed by atoms with E-state index in [1.54, 1.807) is 12.4 Å². The molecule has 6 fully saturated rings. The fourth-order valence-electron chi connectivity index (χ4n) is 8.33. The average Bonchev–Trinajstić information content (AvgIpc) is 3.66. The highest BCUT2D eigenvalue weighted by atomic mass is 19.1. The summed E-state index contributed by atoms with van der Waals surface area (Å²) >= 11 is 0. The van der Waals surface area contributed by atoms with E-state index in [0.29, 0.717) is 43.6 Å². The van der Waals surface area contributed by atoms with Crippen LogP contribution in [-0.2, 0) is 10.2 Å². The van der Waals surface area contributed by atoms with E-state index < -0.39 is 11.1 Å². The van der Waals surface area contributed by atoms with Gasteiger partial charge in [-0.25, -0.2) is 4.39 Å². The molecule has 1 aromatic carbocycles. The summed E-state index contributed by atoms with van der Waals surface area (Å²) in [5, 5.41) is 4.34. The maximum Gasteiger partial charge on any atom is 0.233 e. The Morgan fingerprint density at radius 1 is 1.10 bits per heavy atom. The molecule has 7 nitrogen and oxygen atoms in total. The number of hydrogen-bond acceptors (Lipinski definition) is 6. The highest BCUT2D eigenvalue weighted by Crippen LogP contribution is 2.70. The van der Waals surface area contributed by atoms with Crippen molar-refractivity contribution in [1.29, 1.82) is 0 Å². The molecule has 2 aromatic heterocycles. The highest BCUT2D eigenvalue weighted by molar-refractivity contribution is 6.00. The number of benzene rings is 1. The lowest BCUT2D eigenvalue weighted by Gasteiger charge is -2.65. The van der Waals surface area contributed by atoms with E-state index in [0.717, 1.165) is 72.9 Å². The third-order valence-corrected chi connectivity index (χ3v) is 10.7. The van der Waals surface area contributed by atoms with Gasteiger partial charge in [0.15, 0.2) is 5.82 Å². The number of aryl methyl sites for hydroxylation is 1. The van der Waals surface area contributed by atoms with Gasteiger partial charge in [0, 0.05) is 35.3 Å². The first-order valence-corrected chi connectivity index (χ1v) is 15.1. The fraction of sp³-hybridized carbons (Fsp3) is 0.594. The summed E-state index contributed by atoms with van der Waals surface area (Å²) in [4.78, 5) is 30.0. The minimum atomic E-state index is -1.11. The molecule has 9 rings (SSSR count). The van der Waals surface area contributed by atoms with Crippen LogP contribution in [0.15, 0.2) is 41.2 Å². The van der Waals surface area contributed by atoms with E-state index in [1.807, 2.05) is 30.0 Å². The largest absolute Gasteiger partial charge is 0.339 e. The Morgan fingerprint density at radius 3 is 2.70 bits per heavy atom. The maximum absolute atomic E-state index is 14.5. The molecule has 6 aliphatic rings. The molecule has 4 bridgehead atoms. The quantitative estimate of drug-likeness (QED) is 0.341. The number of nitrogens with zero attached hydrogens (tertiary/aromatic N) is 5. The van der Waals surface area contributed by atoms with Gasteiger partial charge in [-0.15, -0.1) is 0 Å². The molecule has 0 radical (unpaired) electrons. The van der Waals surface area contributed by atoms with Crippen LogP contribution >= 0.6 is 0 Å². The molecule has 0 aliphatic heterocycles. The van der Waals surface area contributed by atoms with Gasteiger partial charge in [0.1, 0.15) is 5.67 Å². The van der Waals surface area contributed by atoms with Gasteiger partial charge in [0.05, 0.1) is 23.0 Å². The SMILES string of the molecule is Cc1cnc(-c2cccc(N(CC3CCC4(c5nc(C6CC6)no5)CCCC3C4)C(=O)C34CC(F)(C3)C4)c2)cn1.